The van der Waals surface area contributed by atoms with E-state index in [-0.39, 0.29) is 0 Å². The van der Waals surface area contributed by atoms with Gasteiger partial charge in [0.15, 0.2) is 0 Å². The van der Waals surface area contributed by atoms with Crippen molar-refractivity contribution in [1.29, 1.82) is 0 Å². The largest absolute Gasteiger partial charge is 0.312 e. The Bertz CT molecular complexity index is 229. The van der Waals surface area contributed by atoms with Crippen LogP contribution < -0.4 is 5.32 Å². The second kappa shape index (κ2) is 4.06. The first-order valence-electron chi connectivity index (χ1n) is 6.76. The van der Waals surface area contributed by atoms with Crippen molar-refractivity contribution in [1.82, 2.24) is 10.2 Å². The first-order chi connectivity index (χ1) is 7.33. The summed E-state index contributed by atoms with van der Waals surface area (Å²) in [5, 5.41) is 3.84. The van der Waals surface area contributed by atoms with E-state index in [1.807, 2.05) is 0 Å². The van der Waals surface area contributed by atoms with Gasteiger partial charge in [0.2, 0.25) is 0 Å². The van der Waals surface area contributed by atoms with Gasteiger partial charge < -0.3 is 10.2 Å². The number of likely N-dealkylation sites (tertiary alicyclic amines) is 1. The molecule has 0 amide bonds. The highest BCUT2D eigenvalue weighted by molar-refractivity contribution is 4.95. The van der Waals surface area contributed by atoms with Gasteiger partial charge >= 0.3 is 0 Å². The van der Waals surface area contributed by atoms with Gasteiger partial charge in [0.05, 0.1) is 0 Å². The van der Waals surface area contributed by atoms with Crippen LogP contribution in [0.5, 0.6) is 0 Å². The number of hydrogen-bond donors (Lipinski definition) is 1. The van der Waals surface area contributed by atoms with Crippen LogP contribution in [-0.4, -0.2) is 37.1 Å². The minimum atomic E-state index is 0.823. The zero-order valence-corrected chi connectivity index (χ0v) is 9.91. The molecule has 1 saturated heterocycles. The Labute approximate surface area is 93.4 Å². The highest BCUT2D eigenvalue weighted by Crippen LogP contribution is 2.44. The highest BCUT2D eigenvalue weighted by Gasteiger charge is 2.39. The third-order valence-electron chi connectivity index (χ3n) is 5.03. The third kappa shape index (κ3) is 1.94. The number of likely N-dealkylation sites (N-methyl/N-ethyl adjacent to an activating group) is 1. The average Bonchev–Trinajstić information content (AvgIpc) is 2.90. The molecule has 86 valence electrons. The molecule has 2 nitrogen and oxygen atoms in total. The van der Waals surface area contributed by atoms with Gasteiger partial charge in [-0.3, -0.25) is 0 Å². The van der Waals surface area contributed by atoms with E-state index in [1.165, 1.54) is 51.6 Å². The molecule has 0 spiro atoms. The van der Waals surface area contributed by atoms with Crippen LogP contribution in [0.15, 0.2) is 0 Å². The SMILES string of the molecule is CN1CCCC1CNC1CC2CCC1C2. The van der Waals surface area contributed by atoms with Crippen LogP contribution in [0, 0.1) is 11.8 Å². The monoisotopic (exact) mass is 208 g/mol. The van der Waals surface area contributed by atoms with Crippen LogP contribution in [0.4, 0.5) is 0 Å². The molecule has 0 aromatic carbocycles. The van der Waals surface area contributed by atoms with Crippen molar-refractivity contribution < 1.29 is 0 Å². The second-order valence-electron chi connectivity index (χ2n) is 5.97. The Morgan fingerprint density at radius 3 is 2.73 bits per heavy atom. The van der Waals surface area contributed by atoms with Crippen LogP contribution in [0.3, 0.4) is 0 Å². The summed E-state index contributed by atoms with van der Waals surface area (Å²) in [7, 11) is 2.28. The molecule has 2 saturated carbocycles. The summed E-state index contributed by atoms with van der Waals surface area (Å²) in [5.41, 5.74) is 0. The topological polar surface area (TPSA) is 15.3 Å². The van der Waals surface area contributed by atoms with Crippen molar-refractivity contribution in [2.24, 2.45) is 11.8 Å². The van der Waals surface area contributed by atoms with E-state index in [0.29, 0.717) is 0 Å². The zero-order chi connectivity index (χ0) is 10.3. The molecule has 2 heteroatoms. The van der Waals surface area contributed by atoms with Crippen LogP contribution in [0.1, 0.15) is 38.5 Å². The fourth-order valence-corrected chi connectivity index (χ4v) is 4.02. The molecule has 0 radical (unpaired) electrons. The van der Waals surface area contributed by atoms with E-state index >= 15 is 0 Å². The van der Waals surface area contributed by atoms with Gasteiger partial charge in [-0.2, -0.15) is 0 Å². The molecular weight excluding hydrogens is 184 g/mol. The predicted octanol–water partition coefficient (Wildman–Crippen LogP) is 1.86. The van der Waals surface area contributed by atoms with E-state index < -0.39 is 0 Å². The first kappa shape index (κ1) is 10.1. The lowest BCUT2D eigenvalue weighted by Gasteiger charge is -2.27. The van der Waals surface area contributed by atoms with E-state index in [9.17, 15) is 0 Å². The molecule has 3 rings (SSSR count). The van der Waals surface area contributed by atoms with Gasteiger partial charge in [-0.1, -0.05) is 6.42 Å². The van der Waals surface area contributed by atoms with Crippen LogP contribution in [-0.2, 0) is 0 Å². The summed E-state index contributed by atoms with van der Waals surface area (Å²) in [6.07, 6.45) is 8.83. The van der Waals surface area contributed by atoms with Crippen LogP contribution in [0.2, 0.25) is 0 Å². The molecule has 1 heterocycles. The molecule has 1 N–H and O–H groups in total. The van der Waals surface area contributed by atoms with E-state index in [2.05, 4.69) is 17.3 Å². The molecule has 2 bridgehead atoms. The molecule has 0 aromatic rings. The van der Waals surface area contributed by atoms with E-state index in [0.717, 1.165) is 23.9 Å². The van der Waals surface area contributed by atoms with Crippen molar-refractivity contribution in [3.05, 3.63) is 0 Å². The standard InChI is InChI=1S/C13H24N2/c1-15-6-2-3-12(15)9-14-13-8-10-4-5-11(13)7-10/h10-14H,2-9H2,1H3. The summed E-state index contributed by atoms with van der Waals surface area (Å²) >= 11 is 0. The van der Waals surface area contributed by atoms with Crippen molar-refractivity contribution in [2.45, 2.75) is 50.6 Å². The third-order valence-corrected chi connectivity index (χ3v) is 5.03. The van der Waals surface area contributed by atoms with Gasteiger partial charge in [0.1, 0.15) is 0 Å². The minimum Gasteiger partial charge on any atom is -0.312 e. The van der Waals surface area contributed by atoms with E-state index in [1.54, 1.807) is 0 Å². The number of fused-ring (bicyclic) bond motifs is 2. The molecule has 0 aromatic heterocycles. The number of nitrogens with zero attached hydrogens (tertiary/aromatic N) is 1. The Hall–Kier alpha value is -0.0800. The highest BCUT2D eigenvalue weighted by atomic mass is 15.2. The van der Waals surface area contributed by atoms with Gasteiger partial charge in [-0.25, -0.2) is 0 Å². The molecule has 1 aliphatic heterocycles. The van der Waals surface area contributed by atoms with Gasteiger partial charge in [0.25, 0.3) is 0 Å². The summed E-state index contributed by atoms with van der Waals surface area (Å²) in [6.45, 7) is 2.55. The van der Waals surface area contributed by atoms with Gasteiger partial charge in [-0.15, -0.1) is 0 Å². The Morgan fingerprint density at radius 2 is 2.13 bits per heavy atom. The maximum absolute atomic E-state index is 3.84. The van der Waals surface area contributed by atoms with Crippen molar-refractivity contribution in [3.63, 3.8) is 0 Å². The summed E-state index contributed by atoms with van der Waals surface area (Å²) in [4.78, 5) is 2.53. The van der Waals surface area contributed by atoms with Crippen LogP contribution in [0.25, 0.3) is 0 Å². The van der Waals surface area contributed by atoms with Crippen molar-refractivity contribution in [3.8, 4) is 0 Å². The lowest BCUT2D eigenvalue weighted by Crippen LogP contribution is -2.42. The molecule has 4 unspecified atom stereocenters. The molecule has 2 aliphatic carbocycles. The number of nitrogens with one attached hydrogen (secondary N) is 1. The van der Waals surface area contributed by atoms with Crippen molar-refractivity contribution in [2.75, 3.05) is 20.1 Å². The maximum Gasteiger partial charge on any atom is 0.0218 e. The zero-order valence-electron chi connectivity index (χ0n) is 9.91. The Balaban J connectivity index is 1.46. The van der Waals surface area contributed by atoms with Crippen molar-refractivity contribution >= 4 is 0 Å². The smallest absolute Gasteiger partial charge is 0.0218 e. The number of hydrogen-bond acceptors (Lipinski definition) is 2. The normalized spacial score (nSPS) is 45.4. The number of rotatable bonds is 3. The first-order valence-corrected chi connectivity index (χ1v) is 6.76. The molecule has 4 atom stereocenters. The fraction of sp³-hybridized carbons (Fsp3) is 1.00. The second-order valence-corrected chi connectivity index (χ2v) is 5.97. The molecule has 3 aliphatic rings. The van der Waals surface area contributed by atoms with E-state index in [4.69, 9.17) is 0 Å². The predicted molar refractivity (Wildman–Crippen MR) is 62.9 cm³/mol. The lowest BCUT2D eigenvalue weighted by molar-refractivity contribution is 0.270. The quantitative estimate of drug-likeness (QED) is 0.761. The maximum atomic E-state index is 3.84. The molecule has 15 heavy (non-hydrogen) atoms. The molecule has 3 fully saturated rings. The lowest BCUT2D eigenvalue weighted by atomic mass is 9.95. The summed E-state index contributed by atoms with van der Waals surface area (Å²) < 4.78 is 0. The fourth-order valence-electron chi connectivity index (χ4n) is 4.02. The molecular formula is C13H24N2. The summed E-state index contributed by atoms with van der Waals surface area (Å²) in [5.74, 6) is 2.11. The minimum absolute atomic E-state index is 0.823. The average molecular weight is 208 g/mol. The van der Waals surface area contributed by atoms with Crippen LogP contribution >= 0.6 is 0 Å². The summed E-state index contributed by atoms with van der Waals surface area (Å²) in [6, 6.07) is 1.70. The van der Waals surface area contributed by atoms with Gasteiger partial charge in [0, 0.05) is 18.6 Å². The Kier molecular flexibility index (Phi) is 2.73. The van der Waals surface area contributed by atoms with Gasteiger partial charge in [-0.05, 0) is 57.5 Å². The Morgan fingerprint density at radius 1 is 1.20 bits per heavy atom.